The van der Waals surface area contributed by atoms with E-state index in [4.69, 9.17) is 14.2 Å². The van der Waals surface area contributed by atoms with Gasteiger partial charge < -0.3 is 14.2 Å². The van der Waals surface area contributed by atoms with Crippen molar-refractivity contribution in [1.29, 1.82) is 0 Å². The molecule has 0 aromatic heterocycles. The highest BCUT2D eigenvalue weighted by Crippen LogP contribution is 2.35. The van der Waals surface area contributed by atoms with Crippen LogP contribution in [-0.2, 0) is 29.3 Å². The molecule has 1 saturated heterocycles. The Morgan fingerprint density at radius 3 is 1.96 bits per heavy atom. The van der Waals surface area contributed by atoms with Gasteiger partial charge in [0, 0.05) is 0 Å². The van der Waals surface area contributed by atoms with Crippen LogP contribution >= 0.6 is 0 Å². The Morgan fingerprint density at radius 2 is 1.64 bits per heavy atom. The molecule has 1 N–H and O–H groups in total. The van der Waals surface area contributed by atoms with Crippen LogP contribution < -0.4 is 0 Å². The van der Waals surface area contributed by atoms with Crippen molar-refractivity contribution >= 4 is 22.4 Å². The lowest BCUT2D eigenvalue weighted by Gasteiger charge is -2.38. The lowest BCUT2D eigenvalue weighted by atomic mass is 9.96. The monoisotopic (exact) mass is 385 g/mol. The van der Waals surface area contributed by atoms with E-state index in [9.17, 15) is 27.0 Å². The molecule has 0 unspecified atom stereocenters. The molecule has 1 aliphatic rings. The number of hydrogen-bond acceptors (Lipinski definition) is 7. The van der Waals surface area contributed by atoms with Gasteiger partial charge in [-0.05, 0) is 41.5 Å². The Morgan fingerprint density at radius 1 is 1.16 bits per heavy atom. The molecule has 0 radical (unpaired) electrons. The van der Waals surface area contributed by atoms with E-state index in [0.717, 1.165) is 0 Å². The molecule has 0 aliphatic carbocycles. The number of esters is 1. The molecule has 1 rings (SSSR count). The molecule has 0 saturated carbocycles. The minimum atomic E-state index is -5.37. The van der Waals surface area contributed by atoms with Gasteiger partial charge in [0.1, 0.15) is 11.2 Å². The Hall–Kier alpha value is -1.46. The van der Waals surface area contributed by atoms with Crippen LogP contribution in [0.1, 0.15) is 41.5 Å². The highest BCUT2D eigenvalue weighted by atomic mass is 32.2. The first-order valence-corrected chi connectivity index (χ1v) is 8.86. The summed E-state index contributed by atoms with van der Waals surface area (Å²) in [5.74, 6) is -1.37. The van der Waals surface area contributed by atoms with Gasteiger partial charge in [-0.15, -0.1) is 0 Å². The van der Waals surface area contributed by atoms with E-state index in [-0.39, 0.29) is 4.31 Å². The van der Waals surface area contributed by atoms with Crippen molar-refractivity contribution in [1.82, 2.24) is 4.31 Å². The third kappa shape index (κ3) is 5.02. The third-order valence-corrected chi connectivity index (χ3v) is 3.95. The molecule has 0 aromatic carbocycles. The molecule has 1 aliphatic heterocycles. The van der Waals surface area contributed by atoms with Crippen LogP contribution in [-0.4, -0.2) is 65.5 Å². The van der Waals surface area contributed by atoms with Crippen LogP contribution in [0.15, 0.2) is 0 Å². The number of carbonyl (C=O) groups excluding carboxylic acids is 2. The van der Waals surface area contributed by atoms with E-state index in [2.05, 4.69) is 0 Å². The highest BCUT2D eigenvalue weighted by molar-refractivity contribution is 7.84. The second kappa shape index (κ2) is 6.69. The van der Waals surface area contributed by atoms with Crippen molar-refractivity contribution in [2.75, 3.05) is 13.2 Å². The van der Waals surface area contributed by atoms with E-state index in [0.29, 0.717) is 0 Å². The largest absolute Gasteiger partial charge is 0.458 e. The fourth-order valence-electron chi connectivity index (χ4n) is 2.13. The van der Waals surface area contributed by atoms with Gasteiger partial charge in [-0.3, -0.25) is 4.55 Å². The van der Waals surface area contributed by atoms with Gasteiger partial charge in [-0.2, -0.15) is 12.7 Å². The number of alkyl halides is 1. The summed E-state index contributed by atoms with van der Waals surface area (Å²) in [6.45, 7) is 7.27. The second-order valence-corrected chi connectivity index (χ2v) is 8.89. The summed E-state index contributed by atoms with van der Waals surface area (Å²) in [4.78, 5) is 24.9. The first kappa shape index (κ1) is 21.6. The Balaban J connectivity index is 3.47. The summed E-state index contributed by atoms with van der Waals surface area (Å²) in [6, 6.07) is 0. The Bertz CT molecular complexity index is 636. The smallest absolute Gasteiger partial charge is 0.427 e. The van der Waals surface area contributed by atoms with Gasteiger partial charge in [0.15, 0.2) is 6.17 Å². The van der Waals surface area contributed by atoms with Crippen LogP contribution in [0.5, 0.6) is 0 Å². The molecule has 0 spiro atoms. The molecule has 11 heteroatoms. The molecule has 1 amide bonds. The summed E-state index contributed by atoms with van der Waals surface area (Å²) >= 11 is 0. The minimum Gasteiger partial charge on any atom is -0.458 e. The Labute approximate surface area is 146 Å². The van der Waals surface area contributed by atoms with Crippen molar-refractivity contribution in [2.24, 2.45) is 0 Å². The predicted octanol–water partition coefficient (Wildman–Crippen LogP) is 1.48. The highest BCUT2D eigenvalue weighted by Gasteiger charge is 2.64. The number of hydrogen-bond donors (Lipinski definition) is 1. The molecule has 0 bridgehead atoms. The topological polar surface area (TPSA) is 119 Å². The zero-order chi connectivity index (χ0) is 19.8. The standard InChI is InChI=1S/C14H24FNO8S/c1-12(2,3)23-10(17)14(8-22-7-9(14)15)16(25(19,20)21)11(18)24-13(4,5)6/h9H,7-8H2,1-6H3,(H,19,20,21)/t9-,14-/m1/s1. The van der Waals surface area contributed by atoms with Crippen molar-refractivity contribution in [3.63, 3.8) is 0 Å². The summed E-state index contributed by atoms with van der Waals surface area (Å²) in [5, 5.41) is 0. The lowest BCUT2D eigenvalue weighted by Crippen LogP contribution is -2.66. The van der Waals surface area contributed by atoms with Gasteiger partial charge in [0.05, 0.1) is 13.2 Å². The molecule has 146 valence electrons. The number of nitrogens with zero attached hydrogens (tertiary/aromatic N) is 1. The van der Waals surface area contributed by atoms with Crippen LogP contribution in [0.25, 0.3) is 0 Å². The summed E-state index contributed by atoms with van der Waals surface area (Å²) in [5.41, 5.74) is -4.99. The summed E-state index contributed by atoms with van der Waals surface area (Å²) in [6.07, 6.45) is -3.87. The number of rotatable bonds is 3. The van der Waals surface area contributed by atoms with Crippen LogP contribution in [0.2, 0.25) is 0 Å². The van der Waals surface area contributed by atoms with E-state index in [1.54, 1.807) is 0 Å². The second-order valence-electron chi connectivity index (χ2n) is 7.63. The molecule has 1 heterocycles. The molecule has 25 heavy (non-hydrogen) atoms. The number of carbonyl (C=O) groups is 2. The molecule has 0 aromatic rings. The zero-order valence-electron chi connectivity index (χ0n) is 15.0. The zero-order valence-corrected chi connectivity index (χ0v) is 15.8. The first-order chi connectivity index (χ1) is 11.0. The van der Waals surface area contributed by atoms with E-state index < -0.39 is 58.5 Å². The quantitative estimate of drug-likeness (QED) is 0.573. The van der Waals surface area contributed by atoms with Crippen molar-refractivity contribution in [3.05, 3.63) is 0 Å². The molecular formula is C14H24FNO8S. The van der Waals surface area contributed by atoms with Crippen molar-refractivity contribution in [3.8, 4) is 0 Å². The fourth-order valence-corrected chi connectivity index (χ4v) is 3.01. The van der Waals surface area contributed by atoms with Gasteiger partial charge in [0.25, 0.3) is 0 Å². The maximum Gasteiger partial charge on any atom is 0.427 e. The molecule has 9 nitrogen and oxygen atoms in total. The fraction of sp³-hybridized carbons (Fsp3) is 0.857. The Kier molecular flexibility index (Phi) is 5.77. The van der Waals surface area contributed by atoms with E-state index in [1.165, 1.54) is 41.5 Å². The average molecular weight is 385 g/mol. The predicted molar refractivity (Wildman–Crippen MR) is 83.9 cm³/mol. The molecular weight excluding hydrogens is 361 g/mol. The average Bonchev–Trinajstić information content (AvgIpc) is 2.65. The van der Waals surface area contributed by atoms with E-state index in [1.807, 2.05) is 0 Å². The van der Waals surface area contributed by atoms with Crippen molar-refractivity contribution in [2.45, 2.75) is 64.5 Å². The number of amides is 1. The van der Waals surface area contributed by atoms with Crippen LogP contribution in [0.3, 0.4) is 0 Å². The van der Waals surface area contributed by atoms with Crippen LogP contribution in [0, 0.1) is 0 Å². The maximum absolute atomic E-state index is 14.6. The molecule has 2 atom stereocenters. The SMILES string of the molecule is CC(C)(C)OC(=O)N([C@]1(C(=O)OC(C)(C)C)COC[C@H]1F)S(=O)(=O)O. The van der Waals surface area contributed by atoms with Gasteiger partial charge in [-0.1, -0.05) is 0 Å². The third-order valence-electron chi connectivity index (χ3n) is 3.01. The minimum absolute atomic E-state index is 0.336. The van der Waals surface area contributed by atoms with Crippen molar-refractivity contribution < 1.29 is 41.2 Å². The first-order valence-electron chi connectivity index (χ1n) is 7.47. The van der Waals surface area contributed by atoms with Crippen LogP contribution in [0.4, 0.5) is 9.18 Å². The lowest BCUT2D eigenvalue weighted by molar-refractivity contribution is -0.169. The summed E-state index contributed by atoms with van der Waals surface area (Å²) < 4.78 is 62.2. The van der Waals surface area contributed by atoms with E-state index >= 15 is 0 Å². The molecule has 1 fully saturated rings. The number of ether oxygens (including phenoxy) is 3. The normalized spacial score (nSPS) is 24.7. The van der Waals surface area contributed by atoms with Gasteiger partial charge in [-0.25, -0.2) is 14.0 Å². The van der Waals surface area contributed by atoms with Gasteiger partial charge >= 0.3 is 22.4 Å². The number of halogens is 1. The maximum atomic E-state index is 14.6. The summed E-state index contributed by atoms with van der Waals surface area (Å²) in [7, 11) is -5.37. The van der Waals surface area contributed by atoms with Gasteiger partial charge in [0.2, 0.25) is 5.54 Å².